The molecule has 0 radical (unpaired) electrons. The van der Waals surface area contributed by atoms with Crippen LogP contribution >= 0.6 is 0 Å². The maximum absolute atomic E-state index is 11.5. The molecular formula is C22H21N3O4. The zero-order valence-electron chi connectivity index (χ0n) is 15.8. The fraction of sp³-hybridized carbons (Fsp3) is 0.273. The number of rotatable bonds is 5. The van der Waals surface area contributed by atoms with Crippen molar-refractivity contribution in [1.29, 1.82) is 0 Å². The van der Waals surface area contributed by atoms with E-state index < -0.39 is 4.92 Å². The number of carbonyl (C=O) groups excluding carboxylic acids is 1. The number of benzene rings is 1. The lowest BCUT2D eigenvalue weighted by molar-refractivity contribution is -0.384. The van der Waals surface area contributed by atoms with Gasteiger partial charge in [-0.2, -0.15) is 0 Å². The summed E-state index contributed by atoms with van der Waals surface area (Å²) in [6.45, 7) is 0. The van der Waals surface area contributed by atoms with Crippen LogP contribution in [-0.2, 0) is 4.79 Å². The van der Waals surface area contributed by atoms with Gasteiger partial charge >= 0.3 is 0 Å². The first-order valence-corrected chi connectivity index (χ1v) is 9.61. The van der Waals surface area contributed by atoms with Crippen molar-refractivity contribution >= 4 is 11.6 Å². The van der Waals surface area contributed by atoms with Crippen LogP contribution in [0.2, 0.25) is 0 Å². The molecule has 7 heteroatoms. The summed E-state index contributed by atoms with van der Waals surface area (Å²) in [6, 6.07) is 14.1. The van der Waals surface area contributed by atoms with Gasteiger partial charge in [-0.05, 0) is 73.6 Å². The summed E-state index contributed by atoms with van der Waals surface area (Å²) in [7, 11) is 0. The van der Waals surface area contributed by atoms with Gasteiger partial charge in [-0.25, -0.2) is 4.98 Å². The van der Waals surface area contributed by atoms with Crippen LogP contribution in [0.5, 0.6) is 0 Å². The van der Waals surface area contributed by atoms with Crippen LogP contribution in [0.15, 0.2) is 59.2 Å². The molecule has 1 aliphatic carbocycles. The normalized spacial score (nSPS) is 19.0. The van der Waals surface area contributed by atoms with Crippen molar-refractivity contribution in [3.63, 3.8) is 0 Å². The molecule has 0 atom stereocenters. The fourth-order valence-corrected chi connectivity index (χ4v) is 3.95. The van der Waals surface area contributed by atoms with Gasteiger partial charge in [0.25, 0.3) is 5.69 Å². The predicted octanol–water partition coefficient (Wildman–Crippen LogP) is 4.68. The Balaban J connectivity index is 1.70. The summed E-state index contributed by atoms with van der Waals surface area (Å²) in [5.74, 6) is 0.702. The molecule has 0 aliphatic heterocycles. The van der Waals surface area contributed by atoms with Gasteiger partial charge in [0.1, 0.15) is 5.69 Å². The minimum absolute atomic E-state index is 0.0425. The Bertz CT molecular complexity index is 1020. The number of hydrogen-bond donors (Lipinski definition) is 1. The molecule has 0 saturated heterocycles. The molecule has 148 valence electrons. The number of pyridine rings is 1. The molecule has 1 aromatic carbocycles. The van der Waals surface area contributed by atoms with Gasteiger partial charge < -0.3 is 10.2 Å². The Kier molecular flexibility index (Phi) is 5.12. The minimum Gasteiger partial charge on any atom is -0.463 e. The van der Waals surface area contributed by atoms with Crippen LogP contribution in [0.3, 0.4) is 0 Å². The number of aromatic nitrogens is 1. The number of hydrogen-bond acceptors (Lipinski definition) is 5. The lowest BCUT2D eigenvalue weighted by atomic mass is 9.78. The number of nitrogens with two attached hydrogens (primary N) is 1. The van der Waals surface area contributed by atoms with Gasteiger partial charge in [-0.3, -0.25) is 14.9 Å². The van der Waals surface area contributed by atoms with Crippen LogP contribution in [-0.4, -0.2) is 15.8 Å². The zero-order valence-corrected chi connectivity index (χ0v) is 15.8. The first-order valence-electron chi connectivity index (χ1n) is 9.61. The van der Waals surface area contributed by atoms with Crippen molar-refractivity contribution in [2.75, 3.05) is 0 Å². The summed E-state index contributed by atoms with van der Waals surface area (Å²) >= 11 is 0. The molecular weight excluding hydrogens is 370 g/mol. The van der Waals surface area contributed by atoms with E-state index in [4.69, 9.17) is 15.1 Å². The van der Waals surface area contributed by atoms with Crippen LogP contribution in [0.1, 0.15) is 37.2 Å². The Hall–Kier alpha value is -3.48. The molecule has 1 aliphatic rings. The first-order chi connectivity index (χ1) is 14.0. The highest BCUT2D eigenvalue weighted by Gasteiger charge is 2.26. The highest BCUT2D eigenvalue weighted by atomic mass is 16.6. The monoisotopic (exact) mass is 391 g/mol. The predicted molar refractivity (Wildman–Crippen MR) is 108 cm³/mol. The number of non-ortho nitro benzene ring substituents is 1. The number of amides is 1. The number of furan rings is 1. The van der Waals surface area contributed by atoms with E-state index in [9.17, 15) is 14.9 Å². The topological polar surface area (TPSA) is 112 Å². The standard InChI is InChI=1S/C22H21N3O4/c23-22(26)16-5-3-14(4-6-16)17-12-19(15-7-9-18(10-8-15)25(27)28)24-20(13-17)21-2-1-11-29-21/h1-2,7-14,16H,3-6H2,(H2,23,26). The van der Waals surface area contributed by atoms with Crippen LogP contribution in [0, 0.1) is 16.0 Å². The third kappa shape index (κ3) is 4.03. The molecule has 1 saturated carbocycles. The second-order valence-corrected chi connectivity index (χ2v) is 7.40. The lowest BCUT2D eigenvalue weighted by Gasteiger charge is -2.27. The number of primary amides is 1. The van der Waals surface area contributed by atoms with Gasteiger partial charge in [-0.1, -0.05) is 0 Å². The first kappa shape index (κ1) is 18.9. The maximum atomic E-state index is 11.5. The van der Waals surface area contributed by atoms with Crippen molar-refractivity contribution in [3.8, 4) is 22.7 Å². The molecule has 1 fully saturated rings. The molecule has 0 bridgehead atoms. The number of carbonyl (C=O) groups is 1. The maximum Gasteiger partial charge on any atom is 0.269 e. The Labute approximate surface area is 167 Å². The summed E-state index contributed by atoms with van der Waals surface area (Å²) in [5, 5.41) is 10.9. The van der Waals surface area contributed by atoms with Gasteiger partial charge in [0.15, 0.2) is 5.76 Å². The van der Waals surface area contributed by atoms with E-state index in [0.29, 0.717) is 11.7 Å². The third-order valence-corrected chi connectivity index (χ3v) is 5.60. The largest absolute Gasteiger partial charge is 0.463 e. The van der Waals surface area contributed by atoms with Gasteiger partial charge in [0.2, 0.25) is 5.91 Å². The molecule has 0 unspecified atom stereocenters. The van der Waals surface area contributed by atoms with E-state index in [1.54, 1.807) is 18.4 Å². The molecule has 2 N–H and O–H groups in total. The summed E-state index contributed by atoms with van der Waals surface area (Å²) in [6.07, 6.45) is 4.94. The molecule has 7 nitrogen and oxygen atoms in total. The quantitative estimate of drug-likeness (QED) is 0.501. The SMILES string of the molecule is NC(=O)C1CCC(c2cc(-c3ccc([N+](=O)[O-])cc3)nc(-c3ccco3)c2)CC1. The molecule has 0 spiro atoms. The second-order valence-electron chi connectivity index (χ2n) is 7.40. The van der Waals surface area contributed by atoms with Crippen LogP contribution in [0.25, 0.3) is 22.7 Å². The van der Waals surface area contributed by atoms with Crippen LogP contribution < -0.4 is 5.73 Å². The average molecular weight is 391 g/mol. The molecule has 2 heterocycles. The zero-order chi connectivity index (χ0) is 20.4. The van der Waals surface area contributed by atoms with E-state index in [-0.39, 0.29) is 17.5 Å². The average Bonchev–Trinajstić information content (AvgIpc) is 3.28. The van der Waals surface area contributed by atoms with E-state index in [1.165, 1.54) is 12.1 Å². The number of nitro benzene ring substituents is 1. The lowest BCUT2D eigenvalue weighted by Crippen LogP contribution is -2.27. The second kappa shape index (κ2) is 7.87. The fourth-order valence-electron chi connectivity index (χ4n) is 3.95. The van der Waals surface area contributed by atoms with E-state index in [2.05, 4.69) is 0 Å². The summed E-state index contributed by atoms with van der Waals surface area (Å²) < 4.78 is 5.54. The molecule has 29 heavy (non-hydrogen) atoms. The Morgan fingerprint density at radius 1 is 1.07 bits per heavy atom. The van der Waals surface area contributed by atoms with Crippen molar-refractivity contribution in [2.24, 2.45) is 11.7 Å². The van der Waals surface area contributed by atoms with Crippen molar-refractivity contribution < 1.29 is 14.1 Å². The Morgan fingerprint density at radius 3 is 2.34 bits per heavy atom. The Morgan fingerprint density at radius 2 is 1.76 bits per heavy atom. The number of nitro groups is 1. The third-order valence-electron chi connectivity index (χ3n) is 5.60. The van der Waals surface area contributed by atoms with Gasteiger partial charge in [0, 0.05) is 23.6 Å². The highest BCUT2D eigenvalue weighted by Crippen LogP contribution is 2.38. The van der Waals surface area contributed by atoms with E-state index in [0.717, 1.165) is 48.2 Å². The van der Waals surface area contributed by atoms with E-state index >= 15 is 0 Å². The smallest absolute Gasteiger partial charge is 0.269 e. The molecule has 3 aromatic rings. The minimum atomic E-state index is -0.418. The molecule has 1 amide bonds. The summed E-state index contributed by atoms with van der Waals surface area (Å²) in [5.41, 5.74) is 8.89. The van der Waals surface area contributed by atoms with Crippen molar-refractivity contribution in [1.82, 2.24) is 4.98 Å². The van der Waals surface area contributed by atoms with Gasteiger partial charge in [-0.15, -0.1) is 0 Å². The van der Waals surface area contributed by atoms with Crippen LogP contribution in [0.4, 0.5) is 5.69 Å². The van der Waals surface area contributed by atoms with Gasteiger partial charge in [0.05, 0.1) is 16.9 Å². The number of nitrogens with zero attached hydrogens (tertiary/aromatic N) is 2. The molecule has 2 aromatic heterocycles. The van der Waals surface area contributed by atoms with Crippen molar-refractivity contribution in [2.45, 2.75) is 31.6 Å². The highest BCUT2D eigenvalue weighted by molar-refractivity contribution is 5.76. The van der Waals surface area contributed by atoms with E-state index in [1.807, 2.05) is 24.3 Å². The summed E-state index contributed by atoms with van der Waals surface area (Å²) in [4.78, 5) is 26.7. The van der Waals surface area contributed by atoms with Crippen molar-refractivity contribution in [3.05, 3.63) is 70.5 Å². The molecule has 4 rings (SSSR count).